The first-order chi connectivity index (χ1) is 14.6. The number of allylic oxidation sites excluding steroid dienone is 1. The SMILES string of the molecule is Cc1ccc(C2=C[C@H](c3ccc(OC(F)F)cc3)n3c(nc4ccccc43)N2)cc1. The number of ether oxygens (including phenoxy) is 1. The summed E-state index contributed by atoms with van der Waals surface area (Å²) in [5, 5.41) is 3.45. The van der Waals surface area contributed by atoms with Crippen LogP contribution in [0.1, 0.15) is 22.7 Å². The van der Waals surface area contributed by atoms with Crippen molar-refractivity contribution in [3.63, 3.8) is 0 Å². The van der Waals surface area contributed by atoms with Crippen LogP contribution in [0.15, 0.2) is 78.9 Å². The summed E-state index contributed by atoms with van der Waals surface area (Å²) in [6, 6.07) is 22.9. The minimum Gasteiger partial charge on any atom is -0.435 e. The van der Waals surface area contributed by atoms with Crippen molar-refractivity contribution in [3.05, 3.63) is 95.6 Å². The molecule has 0 amide bonds. The molecule has 5 rings (SSSR count). The number of anilines is 1. The first-order valence-corrected chi connectivity index (χ1v) is 9.66. The number of para-hydroxylation sites is 2. The zero-order valence-corrected chi connectivity index (χ0v) is 16.2. The minimum absolute atomic E-state index is 0.140. The Morgan fingerprint density at radius 3 is 2.43 bits per heavy atom. The molecule has 150 valence electrons. The largest absolute Gasteiger partial charge is 0.435 e. The van der Waals surface area contributed by atoms with E-state index in [-0.39, 0.29) is 11.8 Å². The van der Waals surface area contributed by atoms with E-state index in [1.807, 2.05) is 36.4 Å². The fourth-order valence-electron chi connectivity index (χ4n) is 3.80. The van der Waals surface area contributed by atoms with E-state index in [9.17, 15) is 8.78 Å². The van der Waals surface area contributed by atoms with Gasteiger partial charge in [-0.15, -0.1) is 0 Å². The maximum Gasteiger partial charge on any atom is 0.387 e. The molecule has 6 heteroatoms. The highest BCUT2D eigenvalue weighted by Gasteiger charge is 2.25. The second-order valence-corrected chi connectivity index (χ2v) is 7.26. The molecular formula is C24H19F2N3O. The molecule has 1 aliphatic heterocycles. The van der Waals surface area contributed by atoms with Crippen molar-refractivity contribution in [1.29, 1.82) is 0 Å². The van der Waals surface area contributed by atoms with Crippen molar-refractivity contribution in [2.75, 3.05) is 5.32 Å². The Morgan fingerprint density at radius 1 is 0.967 bits per heavy atom. The third kappa shape index (κ3) is 3.30. The summed E-state index contributed by atoms with van der Waals surface area (Å²) in [6.45, 7) is -0.787. The van der Waals surface area contributed by atoms with Gasteiger partial charge in [0.05, 0.1) is 17.1 Å². The van der Waals surface area contributed by atoms with Crippen molar-refractivity contribution >= 4 is 22.7 Å². The number of imidazole rings is 1. The summed E-state index contributed by atoms with van der Waals surface area (Å²) < 4.78 is 31.7. The van der Waals surface area contributed by atoms with Gasteiger partial charge < -0.3 is 10.1 Å². The van der Waals surface area contributed by atoms with Crippen molar-refractivity contribution < 1.29 is 13.5 Å². The molecule has 4 nitrogen and oxygen atoms in total. The predicted molar refractivity (Wildman–Crippen MR) is 114 cm³/mol. The number of hydrogen-bond acceptors (Lipinski definition) is 3. The van der Waals surface area contributed by atoms with E-state index in [2.05, 4.69) is 51.9 Å². The van der Waals surface area contributed by atoms with Crippen LogP contribution in [0.4, 0.5) is 14.7 Å². The van der Waals surface area contributed by atoms with Crippen molar-refractivity contribution in [3.8, 4) is 5.75 Å². The number of aryl methyl sites for hydroxylation is 1. The number of nitrogens with zero attached hydrogens (tertiary/aromatic N) is 2. The van der Waals surface area contributed by atoms with E-state index < -0.39 is 6.61 Å². The fraction of sp³-hybridized carbons (Fsp3) is 0.125. The molecule has 3 aromatic carbocycles. The average molecular weight is 403 g/mol. The monoisotopic (exact) mass is 403 g/mol. The molecule has 0 unspecified atom stereocenters. The van der Waals surface area contributed by atoms with E-state index in [0.29, 0.717) is 0 Å². The van der Waals surface area contributed by atoms with Gasteiger partial charge >= 0.3 is 6.61 Å². The lowest BCUT2D eigenvalue weighted by Crippen LogP contribution is -2.19. The van der Waals surface area contributed by atoms with E-state index in [1.54, 1.807) is 12.1 Å². The number of nitrogens with one attached hydrogen (secondary N) is 1. The maximum atomic E-state index is 12.5. The molecule has 0 fully saturated rings. The zero-order valence-electron chi connectivity index (χ0n) is 16.2. The molecule has 1 N–H and O–H groups in total. The summed E-state index contributed by atoms with van der Waals surface area (Å²) in [4.78, 5) is 4.77. The summed E-state index contributed by atoms with van der Waals surface area (Å²) in [7, 11) is 0. The Bertz CT molecular complexity index is 1230. The lowest BCUT2D eigenvalue weighted by Gasteiger charge is -2.27. The standard InChI is InChI=1S/C24H19F2N3O/c1-15-6-8-16(9-7-15)20-14-22(17-10-12-18(13-11-17)30-23(25)26)29-21-5-3-2-4-19(21)27-24(29)28-20/h2-14,22-23H,1H3,(H,27,28)/t22-/m1/s1. The molecule has 0 radical (unpaired) electrons. The Balaban J connectivity index is 1.63. The molecule has 0 aliphatic carbocycles. The molecule has 1 aliphatic rings. The quantitative estimate of drug-likeness (QED) is 0.454. The molecule has 0 bridgehead atoms. The molecule has 0 saturated heterocycles. The smallest absolute Gasteiger partial charge is 0.387 e. The van der Waals surface area contributed by atoms with Crippen LogP contribution in [0.5, 0.6) is 5.75 Å². The lowest BCUT2D eigenvalue weighted by molar-refractivity contribution is -0.0498. The molecule has 2 heterocycles. The van der Waals surface area contributed by atoms with Gasteiger partial charge in [-0.3, -0.25) is 4.57 Å². The molecule has 1 aromatic heterocycles. The molecule has 4 aromatic rings. The highest BCUT2D eigenvalue weighted by molar-refractivity contribution is 5.85. The third-order valence-electron chi connectivity index (χ3n) is 5.25. The highest BCUT2D eigenvalue weighted by Crippen LogP contribution is 2.37. The average Bonchev–Trinajstić information content (AvgIpc) is 3.12. The van der Waals surface area contributed by atoms with Gasteiger partial charge in [-0.1, -0.05) is 54.1 Å². The third-order valence-corrected chi connectivity index (χ3v) is 5.25. The molecule has 0 spiro atoms. The zero-order chi connectivity index (χ0) is 20.7. The van der Waals surface area contributed by atoms with Crippen molar-refractivity contribution in [1.82, 2.24) is 9.55 Å². The predicted octanol–water partition coefficient (Wildman–Crippen LogP) is 6.00. The first-order valence-electron chi connectivity index (χ1n) is 9.66. The second-order valence-electron chi connectivity index (χ2n) is 7.26. The van der Waals surface area contributed by atoms with E-state index in [0.717, 1.165) is 33.8 Å². The highest BCUT2D eigenvalue weighted by atomic mass is 19.3. The van der Waals surface area contributed by atoms with Gasteiger partial charge in [0.25, 0.3) is 0 Å². The number of alkyl halides is 2. The van der Waals surface area contributed by atoms with E-state index >= 15 is 0 Å². The second kappa shape index (κ2) is 7.30. The summed E-state index contributed by atoms with van der Waals surface area (Å²) in [5.74, 6) is 0.883. The number of halogens is 2. The molecular weight excluding hydrogens is 384 g/mol. The Kier molecular flexibility index (Phi) is 4.47. The van der Waals surface area contributed by atoms with Gasteiger partial charge in [0.15, 0.2) is 0 Å². The molecule has 0 saturated carbocycles. The van der Waals surface area contributed by atoms with Crippen LogP contribution < -0.4 is 10.1 Å². The van der Waals surface area contributed by atoms with Crippen LogP contribution in [0.25, 0.3) is 16.7 Å². The maximum absolute atomic E-state index is 12.5. The van der Waals surface area contributed by atoms with Gasteiger partial charge in [-0.25, -0.2) is 4.98 Å². The summed E-state index contributed by atoms with van der Waals surface area (Å²) in [5.41, 5.74) is 6.04. The number of rotatable bonds is 4. The Hall–Kier alpha value is -3.67. The van der Waals surface area contributed by atoms with E-state index in [1.165, 1.54) is 5.56 Å². The van der Waals surface area contributed by atoms with Crippen molar-refractivity contribution in [2.45, 2.75) is 19.6 Å². The normalized spacial score (nSPS) is 15.6. The number of hydrogen-bond donors (Lipinski definition) is 1. The molecule has 30 heavy (non-hydrogen) atoms. The summed E-state index contributed by atoms with van der Waals surface area (Å²) >= 11 is 0. The molecule has 1 atom stereocenters. The number of benzene rings is 3. The number of aromatic nitrogens is 2. The van der Waals surface area contributed by atoms with Gasteiger partial charge in [-0.05, 0) is 48.4 Å². The lowest BCUT2D eigenvalue weighted by atomic mass is 10.0. The van der Waals surface area contributed by atoms with Crippen LogP contribution >= 0.6 is 0 Å². The topological polar surface area (TPSA) is 39.1 Å². The van der Waals surface area contributed by atoms with Gasteiger partial charge in [0.2, 0.25) is 5.95 Å². The van der Waals surface area contributed by atoms with Gasteiger partial charge in [0.1, 0.15) is 5.75 Å². The van der Waals surface area contributed by atoms with E-state index in [4.69, 9.17) is 4.98 Å². The Labute approximate surface area is 172 Å². The number of fused-ring (bicyclic) bond motifs is 3. The van der Waals surface area contributed by atoms with Crippen LogP contribution in [-0.4, -0.2) is 16.2 Å². The van der Waals surface area contributed by atoms with Crippen LogP contribution in [-0.2, 0) is 0 Å². The van der Waals surface area contributed by atoms with Crippen molar-refractivity contribution in [2.24, 2.45) is 0 Å². The van der Waals surface area contributed by atoms with Crippen LogP contribution in [0.2, 0.25) is 0 Å². The fourth-order valence-corrected chi connectivity index (χ4v) is 3.80. The first kappa shape index (κ1) is 18.4. The van der Waals surface area contributed by atoms with Crippen LogP contribution in [0.3, 0.4) is 0 Å². The van der Waals surface area contributed by atoms with Crippen LogP contribution in [0, 0.1) is 6.92 Å². The van der Waals surface area contributed by atoms with Gasteiger partial charge in [-0.2, -0.15) is 8.78 Å². The minimum atomic E-state index is -2.84. The Morgan fingerprint density at radius 2 is 1.70 bits per heavy atom. The van der Waals surface area contributed by atoms with Gasteiger partial charge in [0, 0.05) is 5.70 Å². The summed E-state index contributed by atoms with van der Waals surface area (Å²) in [6.07, 6.45) is 2.13.